The third-order valence-electron chi connectivity index (χ3n) is 4.14. The number of likely N-dealkylation sites (tertiary alicyclic amines) is 1. The standard InChI is InChI=1S/C15H18N2O2/c1-11-6-4-5-9-16(11)10-17-13-8-3-2-7-12(13)14(18)15(17)19/h2-3,7-8,11H,4-6,9-10H2,1H3. The first-order valence-corrected chi connectivity index (χ1v) is 6.88. The van der Waals surface area contributed by atoms with Gasteiger partial charge in [-0.1, -0.05) is 18.6 Å². The molecule has 2 aliphatic rings. The summed E-state index contributed by atoms with van der Waals surface area (Å²) in [5.74, 6) is -0.765. The number of hydrogen-bond donors (Lipinski definition) is 0. The molecule has 0 saturated carbocycles. The third kappa shape index (κ3) is 2.06. The molecule has 1 fully saturated rings. The topological polar surface area (TPSA) is 40.6 Å². The Hall–Kier alpha value is -1.68. The number of nitrogens with zero attached hydrogens (tertiary/aromatic N) is 2. The van der Waals surface area contributed by atoms with Crippen LogP contribution in [0.3, 0.4) is 0 Å². The molecule has 4 heteroatoms. The van der Waals surface area contributed by atoms with Crippen molar-refractivity contribution in [2.75, 3.05) is 18.1 Å². The number of benzene rings is 1. The average molecular weight is 258 g/mol. The van der Waals surface area contributed by atoms with Crippen molar-refractivity contribution in [3.05, 3.63) is 29.8 Å². The van der Waals surface area contributed by atoms with Crippen LogP contribution in [-0.2, 0) is 4.79 Å². The number of Topliss-reactive ketones (excluding diaryl/α,β-unsaturated/α-hetero) is 1. The molecule has 1 unspecified atom stereocenters. The second kappa shape index (κ2) is 4.78. The van der Waals surface area contributed by atoms with Crippen LogP contribution >= 0.6 is 0 Å². The molecule has 0 aliphatic carbocycles. The molecule has 4 nitrogen and oxygen atoms in total. The van der Waals surface area contributed by atoms with Crippen molar-refractivity contribution in [3.8, 4) is 0 Å². The lowest BCUT2D eigenvalue weighted by Gasteiger charge is -2.36. The van der Waals surface area contributed by atoms with E-state index in [1.54, 1.807) is 17.0 Å². The second-order valence-electron chi connectivity index (χ2n) is 5.38. The molecule has 0 radical (unpaired) electrons. The molecule has 1 saturated heterocycles. The Balaban J connectivity index is 1.85. The van der Waals surface area contributed by atoms with Crippen LogP contribution in [0.2, 0.25) is 0 Å². The summed E-state index contributed by atoms with van der Waals surface area (Å²) < 4.78 is 0. The van der Waals surface area contributed by atoms with E-state index in [4.69, 9.17) is 0 Å². The minimum atomic E-state index is -0.390. The number of hydrogen-bond acceptors (Lipinski definition) is 3. The Morgan fingerprint density at radius 1 is 1.21 bits per heavy atom. The maximum atomic E-state index is 12.1. The molecule has 19 heavy (non-hydrogen) atoms. The maximum absolute atomic E-state index is 12.1. The monoisotopic (exact) mass is 258 g/mol. The van der Waals surface area contributed by atoms with Gasteiger partial charge in [-0.15, -0.1) is 0 Å². The van der Waals surface area contributed by atoms with Crippen LogP contribution in [0.5, 0.6) is 0 Å². The Morgan fingerprint density at radius 3 is 2.79 bits per heavy atom. The summed E-state index contributed by atoms with van der Waals surface area (Å²) in [4.78, 5) is 27.9. The van der Waals surface area contributed by atoms with Crippen molar-refractivity contribution >= 4 is 17.4 Å². The lowest BCUT2D eigenvalue weighted by molar-refractivity contribution is -0.114. The van der Waals surface area contributed by atoms with E-state index < -0.39 is 0 Å². The van der Waals surface area contributed by atoms with Crippen LogP contribution in [0.4, 0.5) is 5.69 Å². The van der Waals surface area contributed by atoms with Crippen LogP contribution in [0.25, 0.3) is 0 Å². The van der Waals surface area contributed by atoms with Gasteiger partial charge in [-0.3, -0.25) is 19.4 Å². The highest BCUT2D eigenvalue weighted by Gasteiger charge is 2.36. The van der Waals surface area contributed by atoms with Gasteiger partial charge in [0.15, 0.2) is 0 Å². The lowest BCUT2D eigenvalue weighted by atomic mass is 10.0. The summed E-state index contributed by atoms with van der Waals surface area (Å²) in [5, 5.41) is 0. The number of anilines is 1. The van der Waals surface area contributed by atoms with Gasteiger partial charge in [0.25, 0.3) is 5.78 Å². The predicted molar refractivity (Wildman–Crippen MR) is 73.1 cm³/mol. The second-order valence-corrected chi connectivity index (χ2v) is 5.38. The lowest BCUT2D eigenvalue weighted by Crippen LogP contribution is -2.46. The van der Waals surface area contributed by atoms with Gasteiger partial charge in [0.2, 0.25) is 0 Å². The minimum absolute atomic E-state index is 0.375. The van der Waals surface area contributed by atoms with E-state index in [1.165, 1.54) is 12.8 Å². The summed E-state index contributed by atoms with van der Waals surface area (Å²) in [6.45, 7) is 3.72. The Kier molecular flexibility index (Phi) is 3.11. The number of rotatable bonds is 2. The average Bonchev–Trinajstić information content (AvgIpc) is 2.67. The number of fused-ring (bicyclic) bond motifs is 1. The van der Waals surface area contributed by atoms with E-state index in [1.807, 2.05) is 12.1 Å². The van der Waals surface area contributed by atoms with Gasteiger partial charge in [0.05, 0.1) is 17.9 Å². The van der Waals surface area contributed by atoms with Crippen LogP contribution in [0.15, 0.2) is 24.3 Å². The zero-order valence-electron chi connectivity index (χ0n) is 11.1. The summed E-state index contributed by atoms with van der Waals surface area (Å²) >= 11 is 0. The number of piperidine rings is 1. The Labute approximate surface area is 113 Å². The number of ketones is 1. The van der Waals surface area contributed by atoms with Crippen molar-refractivity contribution in [2.45, 2.75) is 32.2 Å². The van der Waals surface area contributed by atoms with Gasteiger partial charge in [0.1, 0.15) is 0 Å². The molecule has 0 N–H and O–H groups in total. The van der Waals surface area contributed by atoms with E-state index in [2.05, 4.69) is 11.8 Å². The summed E-state index contributed by atoms with van der Waals surface area (Å²) in [6.07, 6.45) is 3.58. The molecule has 100 valence electrons. The Morgan fingerprint density at radius 2 is 2.00 bits per heavy atom. The fraction of sp³-hybridized carbons (Fsp3) is 0.467. The fourth-order valence-corrected chi connectivity index (χ4v) is 2.94. The van der Waals surface area contributed by atoms with Crippen molar-refractivity contribution in [1.29, 1.82) is 0 Å². The fourth-order valence-electron chi connectivity index (χ4n) is 2.94. The smallest absolute Gasteiger partial charge is 0.291 e. The van der Waals surface area contributed by atoms with E-state index >= 15 is 0 Å². The molecule has 0 bridgehead atoms. The molecular weight excluding hydrogens is 240 g/mol. The molecule has 2 heterocycles. The van der Waals surface area contributed by atoms with Crippen molar-refractivity contribution < 1.29 is 9.59 Å². The summed E-state index contributed by atoms with van der Waals surface area (Å²) in [7, 11) is 0. The van der Waals surface area contributed by atoms with Gasteiger partial charge >= 0.3 is 5.91 Å². The number of carbonyl (C=O) groups excluding carboxylic acids is 2. The Bertz CT molecular complexity index is 527. The largest absolute Gasteiger partial charge is 0.300 e. The maximum Gasteiger partial charge on any atom is 0.300 e. The zero-order valence-corrected chi connectivity index (χ0v) is 11.1. The van der Waals surface area contributed by atoms with Crippen molar-refractivity contribution in [1.82, 2.24) is 4.90 Å². The third-order valence-corrected chi connectivity index (χ3v) is 4.14. The molecule has 1 aromatic rings. The van der Waals surface area contributed by atoms with Gasteiger partial charge in [-0.2, -0.15) is 0 Å². The van der Waals surface area contributed by atoms with Crippen LogP contribution in [0, 0.1) is 0 Å². The first-order valence-electron chi connectivity index (χ1n) is 6.88. The molecular formula is C15H18N2O2. The van der Waals surface area contributed by atoms with Crippen LogP contribution < -0.4 is 4.90 Å². The number of carbonyl (C=O) groups is 2. The molecule has 0 spiro atoms. The van der Waals surface area contributed by atoms with Gasteiger partial charge < -0.3 is 0 Å². The molecule has 1 amide bonds. The van der Waals surface area contributed by atoms with Crippen molar-refractivity contribution in [2.24, 2.45) is 0 Å². The molecule has 2 aliphatic heterocycles. The van der Waals surface area contributed by atoms with Crippen molar-refractivity contribution in [3.63, 3.8) is 0 Å². The summed E-state index contributed by atoms with van der Waals surface area (Å²) in [6, 6.07) is 7.74. The SMILES string of the molecule is CC1CCCCN1CN1C(=O)C(=O)c2ccccc21. The van der Waals surface area contributed by atoms with Crippen LogP contribution in [-0.4, -0.2) is 35.8 Å². The van der Waals surface area contributed by atoms with E-state index in [9.17, 15) is 9.59 Å². The molecule has 1 atom stereocenters. The quantitative estimate of drug-likeness (QED) is 0.762. The first kappa shape index (κ1) is 12.4. The minimum Gasteiger partial charge on any atom is -0.291 e. The van der Waals surface area contributed by atoms with Gasteiger partial charge in [-0.25, -0.2) is 0 Å². The zero-order chi connectivity index (χ0) is 13.4. The molecule has 0 aromatic heterocycles. The highest BCUT2D eigenvalue weighted by atomic mass is 16.2. The van der Waals surface area contributed by atoms with Crippen LogP contribution in [0.1, 0.15) is 36.5 Å². The van der Waals surface area contributed by atoms with E-state index in [-0.39, 0.29) is 11.7 Å². The normalized spacial score (nSPS) is 23.8. The van der Waals surface area contributed by atoms with Gasteiger partial charge in [0, 0.05) is 12.6 Å². The molecule has 3 rings (SSSR count). The number of para-hydroxylation sites is 1. The number of amides is 1. The molecule has 1 aromatic carbocycles. The highest BCUT2D eigenvalue weighted by molar-refractivity contribution is 6.52. The van der Waals surface area contributed by atoms with E-state index in [0.717, 1.165) is 18.7 Å². The predicted octanol–water partition coefficient (Wildman–Crippen LogP) is 2.05. The van der Waals surface area contributed by atoms with Gasteiger partial charge in [-0.05, 0) is 31.9 Å². The first-order chi connectivity index (χ1) is 9.18. The summed E-state index contributed by atoms with van der Waals surface area (Å²) in [5.41, 5.74) is 1.30. The van der Waals surface area contributed by atoms with E-state index in [0.29, 0.717) is 18.3 Å². The highest BCUT2D eigenvalue weighted by Crippen LogP contribution is 2.29.